The van der Waals surface area contributed by atoms with Crippen LogP contribution in [0.25, 0.3) is 0 Å². The highest BCUT2D eigenvalue weighted by Crippen LogP contribution is 2.51. The molecule has 0 amide bonds. The standard InChI is InChI=1S/C12H21N2O4P/c1-13(2)19(15,14(3)4)18-12-8-10(16-5)7-11(9-12)17-6/h7-9H,1-6H3. The van der Waals surface area contributed by atoms with Crippen molar-refractivity contribution in [1.29, 1.82) is 0 Å². The lowest BCUT2D eigenvalue weighted by atomic mass is 10.3. The van der Waals surface area contributed by atoms with Gasteiger partial charge in [-0.1, -0.05) is 0 Å². The van der Waals surface area contributed by atoms with E-state index in [2.05, 4.69) is 0 Å². The molecule has 0 unspecified atom stereocenters. The van der Waals surface area contributed by atoms with Crippen molar-refractivity contribution in [2.75, 3.05) is 42.4 Å². The number of nitrogens with zero attached hydrogens (tertiary/aromatic N) is 2. The summed E-state index contributed by atoms with van der Waals surface area (Å²) < 4.78 is 31.8. The lowest BCUT2D eigenvalue weighted by molar-refractivity contribution is 0.349. The van der Waals surface area contributed by atoms with Crippen LogP contribution in [0.5, 0.6) is 17.2 Å². The Morgan fingerprint density at radius 2 is 1.21 bits per heavy atom. The third kappa shape index (κ3) is 3.62. The van der Waals surface area contributed by atoms with E-state index in [0.29, 0.717) is 17.2 Å². The van der Waals surface area contributed by atoms with Crippen molar-refractivity contribution in [3.63, 3.8) is 0 Å². The van der Waals surface area contributed by atoms with Crippen molar-refractivity contribution in [3.05, 3.63) is 18.2 Å². The fraction of sp³-hybridized carbons (Fsp3) is 0.500. The first-order chi connectivity index (χ1) is 8.83. The highest BCUT2D eigenvalue weighted by atomic mass is 31.2. The molecule has 0 aliphatic rings. The predicted octanol–water partition coefficient (Wildman–Crippen LogP) is 2.31. The van der Waals surface area contributed by atoms with Gasteiger partial charge in [-0.05, 0) is 28.2 Å². The van der Waals surface area contributed by atoms with Crippen molar-refractivity contribution in [2.24, 2.45) is 0 Å². The molecule has 6 nitrogen and oxygen atoms in total. The molecule has 0 aliphatic carbocycles. The first-order valence-electron chi connectivity index (χ1n) is 5.71. The Morgan fingerprint density at radius 3 is 1.53 bits per heavy atom. The normalized spacial score (nSPS) is 11.8. The van der Waals surface area contributed by atoms with E-state index in [1.54, 1.807) is 70.0 Å². The lowest BCUT2D eigenvalue weighted by Crippen LogP contribution is -2.24. The fourth-order valence-electron chi connectivity index (χ4n) is 1.49. The number of rotatable bonds is 6. The van der Waals surface area contributed by atoms with Crippen molar-refractivity contribution in [2.45, 2.75) is 0 Å². The average molecular weight is 288 g/mol. The minimum absolute atomic E-state index is 0.432. The molecule has 0 spiro atoms. The van der Waals surface area contributed by atoms with Crippen LogP contribution < -0.4 is 14.0 Å². The molecule has 0 radical (unpaired) electrons. The average Bonchev–Trinajstić information content (AvgIpc) is 2.37. The Balaban J connectivity index is 3.13. The molecule has 0 fully saturated rings. The zero-order valence-electron chi connectivity index (χ0n) is 12.2. The van der Waals surface area contributed by atoms with Crippen LogP contribution in [-0.2, 0) is 4.57 Å². The minimum atomic E-state index is -3.09. The van der Waals surface area contributed by atoms with E-state index >= 15 is 0 Å². The zero-order valence-corrected chi connectivity index (χ0v) is 13.1. The zero-order chi connectivity index (χ0) is 14.6. The van der Waals surface area contributed by atoms with Gasteiger partial charge in [0.15, 0.2) is 0 Å². The summed E-state index contributed by atoms with van der Waals surface area (Å²) in [6.07, 6.45) is 0. The van der Waals surface area contributed by atoms with Crippen LogP contribution in [-0.4, -0.2) is 51.8 Å². The molecule has 0 atom stereocenters. The van der Waals surface area contributed by atoms with Gasteiger partial charge in [0, 0.05) is 18.2 Å². The van der Waals surface area contributed by atoms with Crippen LogP contribution in [0.3, 0.4) is 0 Å². The maximum absolute atomic E-state index is 12.7. The molecule has 1 aromatic carbocycles. The molecule has 0 aromatic heterocycles. The van der Waals surface area contributed by atoms with Gasteiger partial charge in [0.25, 0.3) is 0 Å². The quantitative estimate of drug-likeness (QED) is 0.749. The molecule has 7 heteroatoms. The molecule has 0 saturated heterocycles. The second-order valence-electron chi connectivity index (χ2n) is 4.32. The van der Waals surface area contributed by atoms with E-state index in [1.165, 1.54) is 0 Å². The van der Waals surface area contributed by atoms with Crippen LogP contribution in [0.4, 0.5) is 0 Å². The number of hydrogen-bond acceptors (Lipinski definition) is 4. The van der Waals surface area contributed by atoms with Gasteiger partial charge in [-0.15, -0.1) is 0 Å². The predicted molar refractivity (Wildman–Crippen MR) is 75.2 cm³/mol. The molecule has 0 N–H and O–H groups in total. The smallest absolute Gasteiger partial charge is 0.394 e. The molecule has 0 bridgehead atoms. The molecule has 1 aromatic rings. The summed E-state index contributed by atoms with van der Waals surface area (Å²) in [6.45, 7) is 0. The Bertz CT molecular complexity index is 443. The van der Waals surface area contributed by atoms with Gasteiger partial charge in [0.05, 0.1) is 14.2 Å². The number of methoxy groups -OCH3 is 2. The van der Waals surface area contributed by atoms with Crippen molar-refractivity contribution in [1.82, 2.24) is 9.34 Å². The third-order valence-electron chi connectivity index (χ3n) is 2.56. The highest BCUT2D eigenvalue weighted by Gasteiger charge is 2.31. The summed E-state index contributed by atoms with van der Waals surface area (Å²) in [5.74, 6) is 1.60. The molecule has 19 heavy (non-hydrogen) atoms. The first kappa shape index (κ1) is 15.8. The maximum Gasteiger partial charge on any atom is 0.394 e. The molecule has 0 aliphatic heterocycles. The monoisotopic (exact) mass is 288 g/mol. The second kappa shape index (κ2) is 6.28. The topological polar surface area (TPSA) is 51.2 Å². The summed E-state index contributed by atoms with van der Waals surface area (Å²) in [5, 5.41) is 0. The fourth-order valence-corrected chi connectivity index (χ4v) is 2.91. The maximum atomic E-state index is 12.7. The summed E-state index contributed by atoms with van der Waals surface area (Å²) in [6, 6.07) is 5.06. The van der Waals surface area contributed by atoms with Gasteiger partial charge < -0.3 is 14.0 Å². The van der Waals surface area contributed by atoms with E-state index < -0.39 is 7.67 Å². The van der Waals surface area contributed by atoms with Gasteiger partial charge >= 0.3 is 7.67 Å². The Kier molecular flexibility index (Phi) is 5.23. The molecular weight excluding hydrogens is 267 g/mol. The summed E-state index contributed by atoms with van der Waals surface area (Å²) in [4.78, 5) is 0. The van der Waals surface area contributed by atoms with Gasteiger partial charge in [-0.2, -0.15) is 0 Å². The molecule has 1 rings (SSSR count). The second-order valence-corrected chi connectivity index (χ2v) is 7.09. The molecule has 0 saturated carbocycles. The third-order valence-corrected chi connectivity index (χ3v) is 5.03. The molecule has 0 heterocycles. The summed E-state index contributed by atoms with van der Waals surface area (Å²) in [7, 11) is 6.84. The molecular formula is C12H21N2O4P. The van der Waals surface area contributed by atoms with Gasteiger partial charge in [-0.3, -0.25) is 0 Å². The van der Waals surface area contributed by atoms with E-state index in [4.69, 9.17) is 14.0 Å². The van der Waals surface area contributed by atoms with Gasteiger partial charge in [-0.25, -0.2) is 13.9 Å². The van der Waals surface area contributed by atoms with Crippen LogP contribution in [0.1, 0.15) is 0 Å². The minimum Gasteiger partial charge on any atom is -0.496 e. The van der Waals surface area contributed by atoms with Crippen molar-refractivity contribution < 1.29 is 18.6 Å². The Morgan fingerprint density at radius 1 is 0.842 bits per heavy atom. The highest BCUT2D eigenvalue weighted by molar-refractivity contribution is 7.54. The van der Waals surface area contributed by atoms with Crippen LogP contribution in [0.2, 0.25) is 0 Å². The van der Waals surface area contributed by atoms with E-state index in [1.807, 2.05) is 0 Å². The molecule has 108 valence electrons. The Hall–Kier alpha value is -1.23. The van der Waals surface area contributed by atoms with Gasteiger partial charge in [0.2, 0.25) is 0 Å². The van der Waals surface area contributed by atoms with Gasteiger partial charge in [0.1, 0.15) is 17.2 Å². The first-order valence-corrected chi connectivity index (χ1v) is 7.25. The summed E-state index contributed by atoms with van der Waals surface area (Å²) >= 11 is 0. The van der Waals surface area contributed by atoms with Crippen molar-refractivity contribution >= 4 is 7.67 Å². The van der Waals surface area contributed by atoms with E-state index in [9.17, 15) is 4.57 Å². The van der Waals surface area contributed by atoms with Crippen LogP contribution >= 0.6 is 7.67 Å². The van der Waals surface area contributed by atoms with Crippen LogP contribution in [0, 0.1) is 0 Å². The summed E-state index contributed by atoms with van der Waals surface area (Å²) in [5.41, 5.74) is 0. The largest absolute Gasteiger partial charge is 0.496 e. The number of ether oxygens (including phenoxy) is 2. The SMILES string of the molecule is COc1cc(OC)cc(OP(=O)(N(C)C)N(C)C)c1. The number of hydrogen-bond donors (Lipinski definition) is 0. The van der Waals surface area contributed by atoms with E-state index in [-0.39, 0.29) is 0 Å². The lowest BCUT2D eigenvalue weighted by Gasteiger charge is -2.29. The van der Waals surface area contributed by atoms with Crippen LogP contribution in [0.15, 0.2) is 18.2 Å². The van der Waals surface area contributed by atoms with Crippen molar-refractivity contribution in [3.8, 4) is 17.2 Å². The van der Waals surface area contributed by atoms with E-state index in [0.717, 1.165) is 0 Å². The number of benzene rings is 1. The Labute approximate surface area is 114 Å².